The summed E-state index contributed by atoms with van der Waals surface area (Å²) in [6.45, 7) is 0. The lowest BCUT2D eigenvalue weighted by Gasteiger charge is -2.07. The van der Waals surface area contributed by atoms with Gasteiger partial charge in [-0.1, -0.05) is 18.2 Å². The maximum absolute atomic E-state index is 11.8. The fourth-order valence-electron chi connectivity index (χ4n) is 2.02. The van der Waals surface area contributed by atoms with Crippen LogP contribution in [0, 0.1) is 0 Å². The van der Waals surface area contributed by atoms with E-state index in [2.05, 4.69) is 25.6 Å². The van der Waals surface area contributed by atoms with Crippen molar-refractivity contribution < 1.29 is 4.79 Å². The van der Waals surface area contributed by atoms with Crippen LogP contribution >= 0.6 is 0 Å². The van der Waals surface area contributed by atoms with Crippen LogP contribution in [0.15, 0.2) is 61.2 Å². The molecule has 0 spiro atoms. The van der Waals surface area contributed by atoms with Crippen LogP contribution < -0.4 is 10.6 Å². The molecule has 3 rings (SSSR count). The Bertz CT molecular complexity index is 723. The molecular weight excluding hydrogens is 278 g/mol. The van der Waals surface area contributed by atoms with Crippen LogP contribution in [0.25, 0.3) is 0 Å². The zero-order chi connectivity index (χ0) is 15.2. The van der Waals surface area contributed by atoms with Gasteiger partial charge in [0.25, 0.3) is 0 Å². The molecule has 22 heavy (non-hydrogen) atoms. The summed E-state index contributed by atoms with van der Waals surface area (Å²) < 4.78 is 0. The zero-order valence-corrected chi connectivity index (χ0v) is 11.8. The van der Waals surface area contributed by atoms with Crippen molar-refractivity contribution in [1.29, 1.82) is 0 Å². The Morgan fingerprint density at radius 1 is 1.09 bits per heavy atom. The highest BCUT2D eigenvalue weighted by molar-refractivity contribution is 5.99. The molecule has 1 aromatic carbocycles. The van der Waals surface area contributed by atoms with Crippen molar-refractivity contribution in [2.45, 2.75) is 6.42 Å². The first-order chi connectivity index (χ1) is 10.8. The number of aromatic nitrogens is 3. The van der Waals surface area contributed by atoms with Gasteiger partial charge in [-0.05, 0) is 29.8 Å². The van der Waals surface area contributed by atoms with E-state index in [9.17, 15) is 4.79 Å². The third kappa shape index (κ3) is 3.69. The summed E-state index contributed by atoms with van der Waals surface area (Å²) in [7, 11) is 0. The van der Waals surface area contributed by atoms with Gasteiger partial charge in [0.05, 0.1) is 6.33 Å². The fourth-order valence-corrected chi connectivity index (χ4v) is 2.02. The highest BCUT2D eigenvalue weighted by Gasteiger charge is 2.03. The second-order valence-electron chi connectivity index (χ2n) is 4.74. The number of anilines is 2. The normalized spacial score (nSPS) is 10.2. The quantitative estimate of drug-likeness (QED) is 0.691. The Balaban J connectivity index is 1.57. The molecular formula is C16H15N5O. The molecule has 0 saturated carbocycles. The van der Waals surface area contributed by atoms with Gasteiger partial charge in [-0.25, -0.2) is 14.8 Å². The molecule has 0 aliphatic heterocycles. The molecule has 3 N–H and O–H groups in total. The molecule has 6 heteroatoms. The number of nitrogens with zero attached hydrogens (tertiary/aromatic N) is 2. The fraction of sp³-hybridized carbons (Fsp3) is 0.0625. The minimum atomic E-state index is -0.319. The number of urea groups is 1. The summed E-state index contributed by atoms with van der Waals surface area (Å²) in [5.41, 5.74) is 2.91. The molecule has 0 atom stereocenters. The largest absolute Gasteiger partial charge is 0.348 e. The number of amides is 2. The van der Waals surface area contributed by atoms with E-state index in [-0.39, 0.29) is 6.03 Å². The van der Waals surface area contributed by atoms with Crippen LogP contribution in [0.1, 0.15) is 11.3 Å². The van der Waals surface area contributed by atoms with Crippen molar-refractivity contribution in [3.63, 3.8) is 0 Å². The van der Waals surface area contributed by atoms with Gasteiger partial charge in [-0.2, -0.15) is 0 Å². The average molecular weight is 293 g/mol. The first-order valence-corrected chi connectivity index (χ1v) is 6.85. The van der Waals surface area contributed by atoms with E-state index in [4.69, 9.17) is 0 Å². The highest BCUT2D eigenvalue weighted by Crippen LogP contribution is 2.13. The van der Waals surface area contributed by atoms with Crippen LogP contribution in [-0.2, 0) is 6.42 Å². The van der Waals surface area contributed by atoms with E-state index < -0.39 is 0 Å². The number of H-pyrrole nitrogens is 1. The molecule has 0 bridgehead atoms. The molecule has 2 heterocycles. The predicted molar refractivity (Wildman–Crippen MR) is 84.7 cm³/mol. The molecule has 0 radical (unpaired) electrons. The van der Waals surface area contributed by atoms with Crippen molar-refractivity contribution in [1.82, 2.24) is 15.0 Å². The third-order valence-corrected chi connectivity index (χ3v) is 3.07. The van der Waals surface area contributed by atoms with Crippen LogP contribution in [-0.4, -0.2) is 21.0 Å². The lowest BCUT2D eigenvalue weighted by Crippen LogP contribution is -2.19. The SMILES string of the molecule is O=C(Nc1ccc(Cc2cnc[nH]2)cc1)Nc1ccccn1. The van der Waals surface area contributed by atoms with Crippen molar-refractivity contribution in [2.75, 3.05) is 10.6 Å². The molecule has 0 aliphatic rings. The maximum atomic E-state index is 11.8. The number of benzene rings is 1. The van der Waals surface area contributed by atoms with Gasteiger partial charge in [0, 0.05) is 30.2 Å². The lowest BCUT2D eigenvalue weighted by molar-refractivity contribution is 0.262. The molecule has 0 unspecified atom stereocenters. The summed E-state index contributed by atoms with van der Waals surface area (Å²) in [4.78, 5) is 22.9. The van der Waals surface area contributed by atoms with Crippen LogP contribution in [0.5, 0.6) is 0 Å². The van der Waals surface area contributed by atoms with Gasteiger partial charge in [0.2, 0.25) is 0 Å². The van der Waals surface area contributed by atoms with Gasteiger partial charge >= 0.3 is 6.03 Å². The van der Waals surface area contributed by atoms with Gasteiger partial charge < -0.3 is 10.3 Å². The highest BCUT2D eigenvalue weighted by atomic mass is 16.2. The predicted octanol–water partition coefficient (Wildman–Crippen LogP) is 3.04. The van der Waals surface area contributed by atoms with E-state index in [0.717, 1.165) is 23.4 Å². The number of hydrogen-bond donors (Lipinski definition) is 3. The second-order valence-corrected chi connectivity index (χ2v) is 4.74. The van der Waals surface area contributed by atoms with Gasteiger partial charge in [-0.15, -0.1) is 0 Å². The van der Waals surface area contributed by atoms with Crippen LogP contribution in [0.2, 0.25) is 0 Å². The smallest absolute Gasteiger partial charge is 0.324 e. The molecule has 110 valence electrons. The monoisotopic (exact) mass is 293 g/mol. The topological polar surface area (TPSA) is 82.7 Å². The molecule has 0 saturated heterocycles. The molecule has 0 fully saturated rings. The molecule has 6 nitrogen and oxygen atoms in total. The van der Waals surface area contributed by atoms with Crippen molar-refractivity contribution in [3.8, 4) is 0 Å². The number of pyridine rings is 1. The van der Waals surface area contributed by atoms with Crippen LogP contribution in [0.3, 0.4) is 0 Å². The first kappa shape index (κ1) is 13.8. The zero-order valence-electron chi connectivity index (χ0n) is 11.8. The number of nitrogens with one attached hydrogen (secondary N) is 3. The minimum Gasteiger partial charge on any atom is -0.348 e. The number of carbonyl (C=O) groups excluding carboxylic acids is 1. The third-order valence-electron chi connectivity index (χ3n) is 3.07. The second kappa shape index (κ2) is 6.53. The van der Waals surface area contributed by atoms with E-state index in [1.54, 1.807) is 30.9 Å². The Morgan fingerprint density at radius 2 is 1.95 bits per heavy atom. The van der Waals surface area contributed by atoms with E-state index in [1.165, 1.54) is 0 Å². The summed E-state index contributed by atoms with van der Waals surface area (Å²) in [6.07, 6.45) is 5.86. The molecule has 3 aromatic rings. The number of hydrogen-bond acceptors (Lipinski definition) is 3. The molecule has 0 aliphatic carbocycles. The van der Waals surface area contributed by atoms with E-state index in [0.29, 0.717) is 5.82 Å². The Kier molecular flexibility index (Phi) is 4.10. The van der Waals surface area contributed by atoms with Crippen molar-refractivity contribution >= 4 is 17.5 Å². The summed E-state index contributed by atoms with van der Waals surface area (Å²) >= 11 is 0. The lowest BCUT2D eigenvalue weighted by atomic mass is 10.1. The van der Waals surface area contributed by atoms with Gasteiger partial charge in [-0.3, -0.25) is 5.32 Å². The molecule has 2 amide bonds. The number of carbonyl (C=O) groups is 1. The standard InChI is InChI=1S/C16H15N5O/c22-16(21-15-3-1-2-8-18-15)20-13-6-4-12(5-7-13)9-14-10-17-11-19-14/h1-8,10-11H,9H2,(H,17,19)(H2,18,20,21,22). The van der Waals surface area contributed by atoms with Gasteiger partial charge in [0.1, 0.15) is 5.82 Å². The van der Waals surface area contributed by atoms with E-state index in [1.807, 2.05) is 30.3 Å². The van der Waals surface area contributed by atoms with Crippen molar-refractivity contribution in [3.05, 3.63) is 72.4 Å². The first-order valence-electron chi connectivity index (χ1n) is 6.85. The summed E-state index contributed by atoms with van der Waals surface area (Å²) in [6, 6.07) is 12.7. The van der Waals surface area contributed by atoms with E-state index >= 15 is 0 Å². The minimum absolute atomic E-state index is 0.319. The Hall–Kier alpha value is -3.15. The molecule has 2 aromatic heterocycles. The maximum Gasteiger partial charge on any atom is 0.324 e. The Labute approximate surface area is 127 Å². The average Bonchev–Trinajstić information content (AvgIpc) is 3.03. The number of rotatable bonds is 4. The van der Waals surface area contributed by atoms with Crippen molar-refractivity contribution in [2.24, 2.45) is 0 Å². The number of imidazole rings is 1. The Morgan fingerprint density at radius 3 is 2.64 bits per heavy atom. The number of aromatic amines is 1. The van der Waals surface area contributed by atoms with Gasteiger partial charge in [0.15, 0.2) is 0 Å². The summed E-state index contributed by atoms with van der Waals surface area (Å²) in [5.74, 6) is 0.510. The van der Waals surface area contributed by atoms with Crippen LogP contribution in [0.4, 0.5) is 16.3 Å². The summed E-state index contributed by atoms with van der Waals surface area (Å²) in [5, 5.41) is 5.43.